The molecule has 208 valence electrons. The highest BCUT2D eigenvalue weighted by atomic mass is 19.2. The molecule has 3 aromatic carbocycles. The lowest BCUT2D eigenvalue weighted by atomic mass is 9.97. The van der Waals surface area contributed by atoms with E-state index in [1.165, 1.54) is 31.7 Å². The van der Waals surface area contributed by atoms with E-state index in [0.29, 0.717) is 53.4 Å². The van der Waals surface area contributed by atoms with Gasteiger partial charge in [0.1, 0.15) is 5.82 Å². The lowest BCUT2D eigenvalue weighted by Gasteiger charge is -2.29. The van der Waals surface area contributed by atoms with Crippen molar-refractivity contribution in [3.63, 3.8) is 0 Å². The summed E-state index contributed by atoms with van der Waals surface area (Å²) in [6, 6.07) is 15.1. The summed E-state index contributed by atoms with van der Waals surface area (Å²) >= 11 is 0. The molecule has 0 bridgehead atoms. The Labute approximate surface area is 230 Å². The Bertz CT molecular complexity index is 1230. The van der Waals surface area contributed by atoms with Crippen molar-refractivity contribution in [3.8, 4) is 22.3 Å². The van der Waals surface area contributed by atoms with Gasteiger partial charge in [-0.1, -0.05) is 93.3 Å². The molecule has 3 aromatic rings. The second-order valence-electron chi connectivity index (χ2n) is 10.4. The molecule has 2 nitrogen and oxygen atoms in total. The molecule has 39 heavy (non-hydrogen) atoms. The van der Waals surface area contributed by atoms with E-state index in [4.69, 9.17) is 9.47 Å². The van der Waals surface area contributed by atoms with Crippen LogP contribution in [-0.4, -0.2) is 13.2 Å². The average molecular weight is 537 g/mol. The van der Waals surface area contributed by atoms with E-state index in [0.717, 1.165) is 19.3 Å². The minimum Gasteiger partial charge on any atom is -0.348 e. The van der Waals surface area contributed by atoms with Crippen molar-refractivity contribution in [3.05, 3.63) is 95.3 Å². The number of aryl methyl sites for hydroxylation is 1. The molecule has 0 unspecified atom stereocenters. The lowest BCUT2D eigenvalue weighted by molar-refractivity contribution is -0.206. The van der Waals surface area contributed by atoms with Gasteiger partial charge in [-0.25, -0.2) is 13.2 Å². The molecule has 0 amide bonds. The molecule has 0 aromatic heterocycles. The SMILES string of the molecule is C/C=C\CCCc1ccc(-c2ccc(-c3ccc(C4OCC(CCCCCC)CO4)cc3F)cc2)c(F)c1F. The van der Waals surface area contributed by atoms with Crippen molar-refractivity contribution in [1.29, 1.82) is 0 Å². The second kappa shape index (κ2) is 14.5. The van der Waals surface area contributed by atoms with Crippen LogP contribution in [0.1, 0.15) is 76.2 Å². The summed E-state index contributed by atoms with van der Waals surface area (Å²) in [4.78, 5) is 0. The van der Waals surface area contributed by atoms with Gasteiger partial charge in [-0.3, -0.25) is 0 Å². The number of hydrogen-bond donors (Lipinski definition) is 0. The first-order valence-electron chi connectivity index (χ1n) is 14.2. The first kappa shape index (κ1) is 29.1. The number of hydrogen-bond acceptors (Lipinski definition) is 2. The number of rotatable bonds is 12. The Kier molecular flexibility index (Phi) is 10.8. The largest absolute Gasteiger partial charge is 0.348 e. The highest BCUT2D eigenvalue weighted by molar-refractivity contribution is 5.71. The van der Waals surface area contributed by atoms with Crippen LogP contribution in [0.4, 0.5) is 13.2 Å². The van der Waals surface area contributed by atoms with Crippen molar-refractivity contribution in [2.75, 3.05) is 13.2 Å². The maximum Gasteiger partial charge on any atom is 0.183 e. The zero-order valence-electron chi connectivity index (χ0n) is 23.0. The molecule has 1 saturated heterocycles. The monoisotopic (exact) mass is 536 g/mol. The van der Waals surface area contributed by atoms with Crippen molar-refractivity contribution in [2.24, 2.45) is 5.92 Å². The molecular weight excluding hydrogens is 497 g/mol. The van der Waals surface area contributed by atoms with E-state index in [2.05, 4.69) is 6.92 Å². The number of ether oxygens (including phenoxy) is 2. The zero-order chi connectivity index (χ0) is 27.6. The Morgan fingerprint density at radius 2 is 1.49 bits per heavy atom. The maximum atomic E-state index is 15.1. The predicted molar refractivity (Wildman–Crippen MR) is 152 cm³/mol. The van der Waals surface area contributed by atoms with Gasteiger partial charge in [-0.05, 0) is 55.4 Å². The first-order valence-corrected chi connectivity index (χ1v) is 14.2. The Hall–Kier alpha value is -2.89. The molecule has 0 aliphatic carbocycles. The van der Waals surface area contributed by atoms with Gasteiger partial charge in [0.2, 0.25) is 0 Å². The minimum absolute atomic E-state index is 0.197. The van der Waals surface area contributed by atoms with Crippen LogP contribution in [-0.2, 0) is 15.9 Å². The Morgan fingerprint density at radius 1 is 0.795 bits per heavy atom. The molecule has 1 aliphatic heterocycles. The summed E-state index contributed by atoms with van der Waals surface area (Å²) in [5.74, 6) is -1.64. The predicted octanol–water partition coefficient (Wildman–Crippen LogP) is 9.97. The van der Waals surface area contributed by atoms with Crippen LogP contribution in [0.3, 0.4) is 0 Å². The van der Waals surface area contributed by atoms with Gasteiger partial charge < -0.3 is 9.47 Å². The van der Waals surface area contributed by atoms with E-state index in [-0.39, 0.29) is 11.4 Å². The zero-order valence-corrected chi connectivity index (χ0v) is 23.0. The quantitative estimate of drug-likeness (QED) is 0.169. The number of unbranched alkanes of at least 4 members (excludes halogenated alkanes) is 4. The van der Waals surface area contributed by atoms with Gasteiger partial charge in [-0.15, -0.1) is 0 Å². The molecule has 0 saturated carbocycles. The second-order valence-corrected chi connectivity index (χ2v) is 10.4. The van der Waals surface area contributed by atoms with Crippen LogP contribution in [0.2, 0.25) is 0 Å². The van der Waals surface area contributed by atoms with Gasteiger partial charge in [0.15, 0.2) is 17.9 Å². The van der Waals surface area contributed by atoms with Gasteiger partial charge in [0, 0.05) is 22.6 Å². The Morgan fingerprint density at radius 3 is 2.15 bits per heavy atom. The van der Waals surface area contributed by atoms with Crippen LogP contribution in [0.25, 0.3) is 22.3 Å². The highest BCUT2D eigenvalue weighted by Crippen LogP contribution is 2.33. The molecule has 5 heteroatoms. The number of benzene rings is 3. The average Bonchev–Trinajstić information content (AvgIpc) is 2.96. The summed E-state index contributed by atoms with van der Waals surface area (Å²) in [5.41, 5.74) is 2.86. The van der Waals surface area contributed by atoms with E-state index >= 15 is 4.39 Å². The third-order valence-electron chi connectivity index (χ3n) is 7.42. The van der Waals surface area contributed by atoms with Gasteiger partial charge in [0.05, 0.1) is 13.2 Å². The molecule has 0 radical (unpaired) electrons. The van der Waals surface area contributed by atoms with E-state index < -0.39 is 17.9 Å². The molecule has 0 atom stereocenters. The van der Waals surface area contributed by atoms with Crippen LogP contribution >= 0.6 is 0 Å². The topological polar surface area (TPSA) is 18.5 Å². The summed E-state index contributed by atoms with van der Waals surface area (Å²) in [7, 11) is 0. The fraction of sp³-hybridized carbons (Fsp3) is 0.412. The van der Waals surface area contributed by atoms with Gasteiger partial charge >= 0.3 is 0 Å². The van der Waals surface area contributed by atoms with E-state index in [1.807, 2.05) is 25.1 Å². The van der Waals surface area contributed by atoms with Crippen LogP contribution in [0.5, 0.6) is 0 Å². The van der Waals surface area contributed by atoms with Crippen molar-refractivity contribution in [2.45, 2.75) is 71.5 Å². The third-order valence-corrected chi connectivity index (χ3v) is 7.42. The fourth-order valence-corrected chi connectivity index (χ4v) is 5.09. The third kappa shape index (κ3) is 7.61. The standard InChI is InChI=1S/C34H39F3O2/c1-3-5-7-9-11-24-22-38-34(39-23-24)28-18-19-29(31(35)21-28)25-13-15-26(16-14-25)30-20-17-27(32(36)33(30)37)12-10-8-6-4-2/h4,6,13-21,24,34H,3,5,7-12,22-23H2,1-2H3/b6-4-. The fourth-order valence-electron chi connectivity index (χ4n) is 5.09. The maximum absolute atomic E-state index is 15.1. The smallest absolute Gasteiger partial charge is 0.183 e. The normalized spacial score (nSPS) is 17.7. The molecule has 1 heterocycles. The van der Waals surface area contributed by atoms with Crippen molar-refractivity contribution >= 4 is 0 Å². The van der Waals surface area contributed by atoms with Crippen LogP contribution < -0.4 is 0 Å². The molecule has 0 spiro atoms. The van der Waals surface area contributed by atoms with Crippen molar-refractivity contribution < 1.29 is 22.6 Å². The lowest BCUT2D eigenvalue weighted by Crippen LogP contribution is -2.27. The van der Waals surface area contributed by atoms with E-state index in [9.17, 15) is 8.78 Å². The molecule has 4 rings (SSSR count). The van der Waals surface area contributed by atoms with Gasteiger partial charge in [-0.2, -0.15) is 0 Å². The molecule has 1 aliphatic rings. The van der Waals surface area contributed by atoms with Crippen LogP contribution in [0.15, 0.2) is 66.7 Å². The summed E-state index contributed by atoms with van der Waals surface area (Å²) in [6.07, 6.45) is 11.5. The molecule has 0 N–H and O–H groups in total. The number of halogens is 3. The summed E-state index contributed by atoms with van der Waals surface area (Å²) in [5, 5.41) is 0. The number of allylic oxidation sites excluding steroid dienone is 2. The van der Waals surface area contributed by atoms with Gasteiger partial charge in [0.25, 0.3) is 0 Å². The minimum atomic E-state index is -0.850. The van der Waals surface area contributed by atoms with Crippen molar-refractivity contribution in [1.82, 2.24) is 0 Å². The highest BCUT2D eigenvalue weighted by Gasteiger charge is 2.24. The van der Waals surface area contributed by atoms with E-state index in [1.54, 1.807) is 42.5 Å². The Balaban J connectivity index is 1.39. The summed E-state index contributed by atoms with van der Waals surface area (Å²) < 4.78 is 56.5. The first-order chi connectivity index (χ1) is 19.0. The molecular formula is C34H39F3O2. The van der Waals surface area contributed by atoms with Crippen LogP contribution in [0, 0.1) is 23.4 Å². The summed E-state index contributed by atoms with van der Waals surface area (Å²) in [6.45, 7) is 5.38. The molecule has 1 fully saturated rings.